The van der Waals surface area contributed by atoms with E-state index in [4.69, 9.17) is 0 Å². The summed E-state index contributed by atoms with van der Waals surface area (Å²) in [4.78, 5) is 24.5. The molecule has 136 valence electrons. The molecule has 4 rings (SSSR count). The number of hydrazine groups is 1. The van der Waals surface area contributed by atoms with Gasteiger partial charge in [0.1, 0.15) is 5.69 Å². The minimum atomic E-state index is -0.373. The molecule has 0 saturated heterocycles. The largest absolute Gasteiger partial charge is 0.273 e. The summed E-state index contributed by atoms with van der Waals surface area (Å²) in [6.07, 6.45) is 3.48. The molecule has 6 nitrogen and oxygen atoms in total. The van der Waals surface area contributed by atoms with E-state index in [1.54, 1.807) is 10.9 Å². The third-order valence-electron chi connectivity index (χ3n) is 4.49. The molecule has 0 radical (unpaired) electrons. The van der Waals surface area contributed by atoms with Crippen molar-refractivity contribution in [2.24, 2.45) is 5.92 Å². The number of amides is 2. The number of nitrogens with zero attached hydrogens (tertiary/aromatic N) is 2. The first-order chi connectivity index (χ1) is 13.2. The van der Waals surface area contributed by atoms with Crippen LogP contribution >= 0.6 is 0 Å². The van der Waals surface area contributed by atoms with Crippen LogP contribution in [0.25, 0.3) is 11.3 Å². The lowest BCUT2D eigenvalue weighted by molar-refractivity contribution is -0.123. The van der Waals surface area contributed by atoms with Crippen LogP contribution in [-0.2, 0) is 11.3 Å². The zero-order valence-corrected chi connectivity index (χ0v) is 14.8. The lowest BCUT2D eigenvalue weighted by atomic mass is 10.1. The highest BCUT2D eigenvalue weighted by Gasteiger charge is 2.30. The molecular formula is C21H20N4O2. The zero-order chi connectivity index (χ0) is 18.6. The predicted molar refractivity (Wildman–Crippen MR) is 102 cm³/mol. The molecule has 0 aliphatic heterocycles. The van der Waals surface area contributed by atoms with Gasteiger partial charge in [-0.15, -0.1) is 0 Å². The lowest BCUT2D eigenvalue weighted by Crippen LogP contribution is -2.42. The lowest BCUT2D eigenvalue weighted by Gasteiger charge is -2.06. The van der Waals surface area contributed by atoms with E-state index < -0.39 is 0 Å². The highest BCUT2D eigenvalue weighted by Crippen LogP contribution is 2.28. The molecule has 3 aromatic rings. The van der Waals surface area contributed by atoms with Gasteiger partial charge in [-0.25, -0.2) is 0 Å². The highest BCUT2D eigenvalue weighted by atomic mass is 16.2. The molecule has 0 atom stereocenters. The number of nitrogens with one attached hydrogen (secondary N) is 2. The van der Waals surface area contributed by atoms with Crippen molar-refractivity contribution < 1.29 is 9.59 Å². The number of carbonyl (C=O) groups excluding carboxylic acids is 2. The Morgan fingerprint density at radius 1 is 0.963 bits per heavy atom. The molecule has 27 heavy (non-hydrogen) atoms. The normalized spacial score (nSPS) is 13.2. The monoisotopic (exact) mass is 360 g/mol. The molecule has 1 fully saturated rings. The average Bonchev–Trinajstić information content (AvgIpc) is 3.48. The summed E-state index contributed by atoms with van der Waals surface area (Å²) in [5, 5.41) is 4.61. The van der Waals surface area contributed by atoms with Gasteiger partial charge in [-0.05, 0) is 18.4 Å². The fourth-order valence-electron chi connectivity index (χ4n) is 2.88. The van der Waals surface area contributed by atoms with Gasteiger partial charge in [0.2, 0.25) is 5.91 Å². The molecule has 0 unspecified atom stereocenters. The van der Waals surface area contributed by atoms with E-state index in [9.17, 15) is 9.59 Å². The van der Waals surface area contributed by atoms with E-state index >= 15 is 0 Å². The number of benzene rings is 2. The Hall–Kier alpha value is -3.41. The Labute approximate surface area is 157 Å². The summed E-state index contributed by atoms with van der Waals surface area (Å²) < 4.78 is 1.75. The number of hydrogen-bond acceptors (Lipinski definition) is 3. The van der Waals surface area contributed by atoms with Crippen molar-refractivity contribution in [1.82, 2.24) is 20.6 Å². The van der Waals surface area contributed by atoms with Crippen LogP contribution in [-0.4, -0.2) is 21.6 Å². The van der Waals surface area contributed by atoms with E-state index in [0.29, 0.717) is 17.8 Å². The van der Waals surface area contributed by atoms with Crippen molar-refractivity contribution in [1.29, 1.82) is 0 Å². The Kier molecular flexibility index (Phi) is 4.70. The van der Waals surface area contributed by atoms with Crippen molar-refractivity contribution in [2.45, 2.75) is 19.4 Å². The molecule has 2 aromatic carbocycles. The van der Waals surface area contributed by atoms with Gasteiger partial charge in [-0.2, -0.15) is 5.10 Å². The molecule has 1 aromatic heterocycles. The second-order valence-electron chi connectivity index (χ2n) is 6.66. The second kappa shape index (κ2) is 7.45. The molecule has 6 heteroatoms. The maximum Gasteiger partial charge on any atom is 0.273 e. The Balaban J connectivity index is 1.59. The molecular weight excluding hydrogens is 340 g/mol. The maximum absolute atomic E-state index is 12.7. The van der Waals surface area contributed by atoms with Crippen LogP contribution in [0.4, 0.5) is 0 Å². The van der Waals surface area contributed by atoms with Gasteiger partial charge in [-0.3, -0.25) is 25.1 Å². The first-order valence-corrected chi connectivity index (χ1v) is 8.98. The quantitative estimate of drug-likeness (QED) is 0.687. The van der Waals surface area contributed by atoms with E-state index in [1.165, 1.54) is 0 Å². The number of rotatable bonds is 5. The second-order valence-corrected chi connectivity index (χ2v) is 6.66. The third-order valence-corrected chi connectivity index (χ3v) is 4.49. The van der Waals surface area contributed by atoms with Crippen LogP contribution < -0.4 is 10.9 Å². The minimum Gasteiger partial charge on any atom is -0.273 e. The Bertz CT molecular complexity index is 947. The van der Waals surface area contributed by atoms with E-state index in [0.717, 1.165) is 24.0 Å². The van der Waals surface area contributed by atoms with Gasteiger partial charge >= 0.3 is 0 Å². The van der Waals surface area contributed by atoms with E-state index in [2.05, 4.69) is 16.0 Å². The Morgan fingerprint density at radius 2 is 1.63 bits per heavy atom. The fraction of sp³-hybridized carbons (Fsp3) is 0.190. The Morgan fingerprint density at radius 3 is 2.30 bits per heavy atom. The predicted octanol–water partition coefficient (Wildman–Crippen LogP) is 2.77. The summed E-state index contributed by atoms with van der Waals surface area (Å²) in [6.45, 7) is 0.558. The van der Waals surface area contributed by atoms with Gasteiger partial charge in [0.05, 0.1) is 12.1 Å². The first kappa shape index (κ1) is 17.0. The molecule has 0 bridgehead atoms. The highest BCUT2D eigenvalue weighted by molar-refractivity contribution is 6.00. The van der Waals surface area contributed by atoms with Gasteiger partial charge in [-0.1, -0.05) is 60.7 Å². The molecule has 1 aliphatic carbocycles. The van der Waals surface area contributed by atoms with Crippen LogP contribution in [0, 0.1) is 5.92 Å². The van der Waals surface area contributed by atoms with Crippen molar-refractivity contribution in [3.05, 3.63) is 78.0 Å². The summed E-state index contributed by atoms with van der Waals surface area (Å²) >= 11 is 0. The maximum atomic E-state index is 12.7. The third kappa shape index (κ3) is 4.06. The average molecular weight is 360 g/mol. The molecule has 1 heterocycles. The number of carbonyl (C=O) groups is 2. The zero-order valence-electron chi connectivity index (χ0n) is 14.8. The van der Waals surface area contributed by atoms with Crippen LogP contribution in [0.2, 0.25) is 0 Å². The van der Waals surface area contributed by atoms with E-state index in [-0.39, 0.29) is 17.7 Å². The molecule has 1 saturated carbocycles. The standard InChI is InChI=1S/C21H20N4O2/c26-20(17-11-12-17)22-23-21(27)18-14-25(13-15-7-3-1-4-8-15)24-19(18)16-9-5-2-6-10-16/h1-10,14,17H,11-13H2,(H,22,26)(H,23,27). The summed E-state index contributed by atoms with van der Waals surface area (Å²) in [5.74, 6) is -0.483. The molecule has 1 aliphatic rings. The first-order valence-electron chi connectivity index (χ1n) is 8.98. The summed E-state index contributed by atoms with van der Waals surface area (Å²) in [5.41, 5.74) is 7.97. The van der Waals surface area contributed by atoms with Gasteiger partial charge in [0, 0.05) is 17.7 Å². The van der Waals surface area contributed by atoms with Crippen LogP contribution in [0.1, 0.15) is 28.8 Å². The SMILES string of the molecule is O=C(NNC(=O)C1CC1)c1cn(Cc2ccccc2)nc1-c1ccccc1. The minimum absolute atomic E-state index is 0.0275. The fourth-order valence-corrected chi connectivity index (χ4v) is 2.88. The number of hydrogen-bond donors (Lipinski definition) is 2. The topological polar surface area (TPSA) is 76.0 Å². The molecule has 0 spiro atoms. The van der Waals surface area contributed by atoms with Crippen LogP contribution in [0.5, 0.6) is 0 Å². The van der Waals surface area contributed by atoms with Crippen molar-refractivity contribution in [2.75, 3.05) is 0 Å². The van der Waals surface area contributed by atoms with Gasteiger partial charge in [0.15, 0.2) is 0 Å². The number of aromatic nitrogens is 2. The summed E-state index contributed by atoms with van der Waals surface area (Å²) in [7, 11) is 0. The van der Waals surface area contributed by atoms with Gasteiger partial charge < -0.3 is 0 Å². The van der Waals surface area contributed by atoms with Crippen molar-refractivity contribution >= 4 is 11.8 Å². The van der Waals surface area contributed by atoms with Crippen molar-refractivity contribution in [3.63, 3.8) is 0 Å². The van der Waals surface area contributed by atoms with Crippen LogP contribution in [0.15, 0.2) is 66.9 Å². The molecule has 2 amide bonds. The van der Waals surface area contributed by atoms with Crippen molar-refractivity contribution in [3.8, 4) is 11.3 Å². The summed E-state index contributed by atoms with van der Waals surface area (Å²) in [6, 6.07) is 19.5. The van der Waals surface area contributed by atoms with Crippen LogP contribution in [0.3, 0.4) is 0 Å². The van der Waals surface area contributed by atoms with E-state index in [1.807, 2.05) is 60.7 Å². The molecule has 2 N–H and O–H groups in total. The smallest absolute Gasteiger partial charge is 0.273 e. The van der Waals surface area contributed by atoms with Gasteiger partial charge in [0.25, 0.3) is 5.91 Å².